The van der Waals surface area contributed by atoms with E-state index in [2.05, 4.69) is 20.9 Å². The maximum Gasteiger partial charge on any atom is 0.150 e. The minimum Gasteiger partial charge on any atom is -0.376 e. The molecule has 1 aliphatic rings. The second kappa shape index (κ2) is 4.79. The summed E-state index contributed by atoms with van der Waals surface area (Å²) in [5.74, 6) is 0.653. The average molecular weight is 334 g/mol. The molecule has 1 aliphatic heterocycles. The molecular weight excluding hydrogens is 323 g/mol. The fraction of sp³-hybridized carbons (Fsp3) is 0.417. The number of benzene rings is 1. The third-order valence-corrected chi connectivity index (χ3v) is 3.84. The quantitative estimate of drug-likeness (QED) is 0.804. The molecule has 1 atom stereocenters. The van der Waals surface area contributed by atoms with Crippen LogP contribution >= 0.6 is 27.5 Å². The van der Waals surface area contributed by atoms with Crippen LogP contribution in [0, 0.1) is 5.82 Å². The highest BCUT2D eigenvalue weighted by molar-refractivity contribution is 9.10. The number of hydrogen-bond donors (Lipinski definition) is 0. The van der Waals surface area contributed by atoms with Gasteiger partial charge < -0.3 is 9.30 Å². The van der Waals surface area contributed by atoms with Crippen molar-refractivity contribution >= 4 is 38.6 Å². The zero-order valence-corrected chi connectivity index (χ0v) is 11.8. The fourth-order valence-electron chi connectivity index (χ4n) is 2.16. The number of imidazole rings is 1. The topological polar surface area (TPSA) is 27.1 Å². The van der Waals surface area contributed by atoms with Crippen molar-refractivity contribution in [1.82, 2.24) is 9.55 Å². The van der Waals surface area contributed by atoms with Crippen LogP contribution in [0.1, 0.15) is 12.2 Å². The molecule has 2 heterocycles. The lowest BCUT2D eigenvalue weighted by Gasteiger charge is -2.27. The smallest absolute Gasteiger partial charge is 0.150 e. The van der Waals surface area contributed by atoms with E-state index in [4.69, 9.17) is 16.3 Å². The molecule has 0 bridgehead atoms. The monoisotopic (exact) mass is 332 g/mol. The molecule has 18 heavy (non-hydrogen) atoms. The predicted octanol–water partition coefficient (Wildman–Crippen LogP) is 3.47. The maximum atomic E-state index is 14.1. The molecule has 0 saturated carbocycles. The van der Waals surface area contributed by atoms with Crippen LogP contribution in [0.3, 0.4) is 0 Å². The second-order valence-corrected chi connectivity index (χ2v) is 5.49. The zero-order valence-electron chi connectivity index (χ0n) is 9.50. The van der Waals surface area contributed by atoms with Crippen LogP contribution in [0.25, 0.3) is 11.0 Å². The largest absolute Gasteiger partial charge is 0.376 e. The number of fused-ring (bicyclic) bond motifs is 1. The van der Waals surface area contributed by atoms with E-state index in [-0.39, 0.29) is 17.8 Å². The summed E-state index contributed by atoms with van der Waals surface area (Å²) in [7, 11) is 0. The molecule has 3 nitrogen and oxygen atoms in total. The van der Waals surface area contributed by atoms with E-state index in [1.807, 2.05) is 4.57 Å². The number of hydrogen-bond acceptors (Lipinski definition) is 2. The Balaban J connectivity index is 2.13. The van der Waals surface area contributed by atoms with Gasteiger partial charge in [-0.1, -0.05) is 15.9 Å². The van der Waals surface area contributed by atoms with Crippen LogP contribution in [0.2, 0.25) is 0 Å². The van der Waals surface area contributed by atoms with Gasteiger partial charge in [0.05, 0.1) is 24.0 Å². The van der Waals surface area contributed by atoms with Crippen molar-refractivity contribution in [3.63, 3.8) is 0 Å². The fourth-order valence-corrected chi connectivity index (χ4v) is 2.79. The Morgan fingerprint density at radius 1 is 1.56 bits per heavy atom. The van der Waals surface area contributed by atoms with Gasteiger partial charge in [-0.25, -0.2) is 9.37 Å². The highest BCUT2D eigenvalue weighted by atomic mass is 79.9. The normalized spacial score (nSPS) is 19.2. The molecule has 3 rings (SSSR count). The molecule has 0 unspecified atom stereocenters. The molecule has 0 aliphatic carbocycles. The minimum absolute atomic E-state index is 0.146. The Labute approximate surface area is 117 Å². The summed E-state index contributed by atoms with van der Waals surface area (Å²) in [5, 5.41) is 0. The molecule has 1 aromatic heterocycles. The number of aromatic nitrogens is 2. The summed E-state index contributed by atoms with van der Waals surface area (Å²) in [4.78, 5) is 4.37. The van der Waals surface area contributed by atoms with Gasteiger partial charge in [0, 0.05) is 11.1 Å². The van der Waals surface area contributed by atoms with Gasteiger partial charge in [0.15, 0.2) is 0 Å². The summed E-state index contributed by atoms with van der Waals surface area (Å²) < 4.78 is 22.0. The summed E-state index contributed by atoms with van der Waals surface area (Å²) >= 11 is 9.15. The van der Waals surface area contributed by atoms with E-state index in [0.29, 0.717) is 27.9 Å². The third-order valence-electron chi connectivity index (χ3n) is 3.14. The lowest BCUT2D eigenvalue weighted by atomic mass is 10.2. The van der Waals surface area contributed by atoms with Crippen molar-refractivity contribution < 1.29 is 9.13 Å². The molecule has 6 heteroatoms. The number of alkyl halides is 1. The average Bonchev–Trinajstić information content (AvgIpc) is 2.61. The van der Waals surface area contributed by atoms with E-state index in [1.165, 1.54) is 6.07 Å². The van der Waals surface area contributed by atoms with Gasteiger partial charge >= 0.3 is 0 Å². The summed E-state index contributed by atoms with van der Waals surface area (Å²) in [6.45, 7) is 1.39. The van der Waals surface area contributed by atoms with Gasteiger partial charge in [0.1, 0.15) is 17.2 Å². The van der Waals surface area contributed by atoms with E-state index in [9.17, 15) is 4.39 Å². The maximum absolute atomic E-state index is 14.1. The van der Waals surface area contributed by atoms with Crippen LogP contribution in [-0.4, -0.2) is 22.3 Å². The Morgan fingerprint density at radius 3 is 2.94 bits per heavy atom. The first-order chi connectivity index (χ1) is 8.69. The molecule has 96 valence electrons. The number of halogens is 3. The first-order valence-corrected chi connectivity index (χ1v) is 7.03. The zero-order chi connectivity index (χ0) is 12.7. The van der Waals surface area contributed by atoms with Crippen molar-refractivity contribution in [3.05, 3.63) is 28.2 Å². The summed E-state index contributed by atoms with van der Waals surface area (Å²) in [6, 6.07) is 3.24. The number of ether oxygens (including phenoxy) is 1. The van der Waals surface area contributed by atoms with Crippen LogP contribution < -0.4 is 0 Å². The highest BCUT2D eigenvalue weighted by Gasteiger charge is 2.22. The predicted molar refractivity (Wildman–Crippen MR) is 71.3 cm³/mol. The van der Waals surface area contributed by atoms with Crippen molar-refractivity contribution in [2.75, 3.05) is 6.61 Å². The SMILES string of the molecule is Fc1cc(Br)cc2nc(CCl)n(C[C@@H]3CCO3)c12. The molecule has 1 fully saturated rings. The van der Waals surface area contributed by atoms with E-state index >= 15 is 0 Å². The molecule has 0 amide bonds. The van der Waals surface area contributed by atoms with Gasteiger partial charge in [-0.3, -0.25) is 0 Å². The van der Waals surface area contributed by atoms with Gasteiger partial charge in [-0.05, 0) is 18.6 Å². The van der Waals surface area contributed by atoms with Crippen molar-refractivity contribution in [2.24, 2.45) is 0 Å². The standard InChI is InChI=1S/C12H11BrClFN2O/c13-7-3-9(15)12-10(4-7)16-11(5-14)17(12)6-8-1-2-18-8/h3-4,8H,1-2,5-6H2/t8-/m0/s1. The Hall–Kier alpha value is -0.650. The van der Waals surface area contributed by atoms with Gasteiger partial charge in [0.25, 0.3) is 0 Å². The van der Waals surface area contributed by atoms with Crippen LogP contribution in [0.5, 0.6) is 0 Å². The van der Waals surface area contributed by atoms with E-state index < -0.39 is 0 Å². The molecule has 0 radical (unpaired) electrons. The molecule has 0 N–H and O–H groups in total. The molecular formula is C12H11BrClFN2O. The van der Waals surface area contributed by atoms with E-state index in [0.717, 1.165) is 13.0 Å². The van der Waals surface area contributed by atoms with Gasteiger partial charge in [-0.15, -0.1) is 11.6 Å². The van der Waals surface area contributed by atoms with Crippen molar-refractivity contribution in [1.29, 1.82) is 0 Å². The lowest BCUT2D eigenvalue weighted by molar-refractivity contribution is -0.0589. The summed E-state index contributed by atoms with van der Waals surface area (Å²) in [6.07, 6.45) is 1.15. The molecule has 1 aromatic carbocycles. The molecule has 1 saturated heterocycles. The van der Waals surface area contributed by atoms with E-state index in [1.54, 1.807) is 6.07 Å². The van der Waals surface area contributed by atoms with Crippen molar-refractivity contribution in [2.45, 2.75) is 24.9 Å². The Kier molecular flexibility index (Phi) is 3.30. The molecule has 2 aromatic rings. The number of nitrogens with zero attached hydrogens (tertiary/aromatic N) is 2. The van der Waals surface area contributed by atoms with Crippen LogP contribution in [0.4, 0.5) is 4.39 Å². The third kappa shape index (κ3) is 2.04. The lowest BCUT2D eigenvalue weighted by Crippen LogP contribution is -2.31. The second-order valence-electron chi connectivity index (χ2n) is 4.31. The van der Waals surface area contributed by atoms with Gasteiger partial charge in [0.2, 0.25) is 0 Å². The summed E-state index contributed by atoms with van der Waals surface area (Å²) in [5.41, 5.74) is 1.13. The first-order valence-electron chi connectivity index (χ1n) is 5.71. The Morgan fingerprint density at radius 2 is 2.33 bits per heavy atom. The first kappa shape index (κ1) is 12.4. The number of rotatable bonds is 3. The van der Waals surface area contributed by atoms with Gasteiger partial charge in [-0.2, -0.15) is 0 Å². The Bertz CT molecular complexity index is 597. The molecule has 0 spiro atoms. The highest BCUT2D eigenvalue weighted by Crippen LogP contribution is 2.26. The van der Waals surface area contributed by atoms with Crippen LogP contribution in [-0.2, 0) is 17.2 Å². The van der Waals surface area contributed by atoms with Crippen molar-refractivity contribution in [3.8, 4) is 0 Å². The van der Waals surface area contributed by atoms with Crippen LogP contribution in [0.15, 0.2) is 16.6 Å². The minimum atomic E-state index is -0.289.